The van der Waals surface area contributed by atoms with Crippen molar-refractivity contribution in [2.75, 3.05) is 13.1 Å². The average Bonchev–Trinajstić information content (AvgIpc) is 2.36. The highest BCUT2D eigenvalue weighted by Gasteiger charge is 2.42. The molecule has 0 aromatic heterocycles. The second-order valence-corrected chi connectivity index (χ2v) is 6.95. The Morgan fingerprint density at radius 3 is 2.00 bits per heavy atom. The maximum atomic E-state index is 11.3. The second-order valence-electron chi connectivity index (χ2n) is 6.95. The maximum absolute atomic E-state index is 11.3. The van der Waals surface area contributed by atoms with Crippen molar-refractivity contribution in [1.29, 1.82) is 0 Å². The van der Waals surface area contributed by atoms with E-state index in [4.69, 9.17) is 4.74 Å². The summed E-state index contributed by atoms with van der Waals surface area (Å²) >= 11 is 0. The van der Waals surface area contributed by atoms with Crippen LogP contribution in [0.25, 0.3) is 0 Å². The van der Waals surface area contributed by atoms with Gasteiger partial charge in [-0.3, -0.25) is 9.69 Å². The highest BCUT2D eigenvalue weighted by atomic mass is 16.5. The van der Waals surface area contributed by atoms with E-state index in [2.05, 4.69) is 25.7 Å². The molecule has 2 fully saturated rings. The highest BCUT2D eigenvalue weighted by Crippen LogP contribution is 2.37. The topological polar surface area (TPSA) is 29.5 Å². The lowest BCUT2D eigenvalue weighted by Gasteiger charge is -2.47. The van der Waals surface area contributed by atoms with Crippen LogP contribution in [0.3, 0.4) is 0 Å². The minimum absolute atomic E-state index is 0.110. The number of nitrogens with zero attached hydrogens (tertiary/aromatic N) is 1. The Morgan fingerprint density at radius 1 is 1.11 bits per heavy atom. The van der Waals surface area contributed by atoms with Crippen LogP contribution in [0.2, 0.25) is 0 Å². The van der Waals surface area contributed by atoms with Crippen LogP contribution in [-0.2, 0) is 9.53 Å². The number of ether oxygens (including phenoxy) is 1. The van der Waals surface area contributed by atoms with E-state index in [0.717, 1.165) is 13.1 Å². The molecule has 3 nitrogen and oxygen atoms in total. The molecule has 1 aliphatic carbocycles. The number of piperidine rings is 1. The lowest BCUT2D eigenvalue weighted by atomic mass is 9.82. The van der Waals surface area contributed by atoms with Gasteiger partial charge in [-0.2, -0.15) is 0 Å². The van der Waals surface area contributed by atoms with Gasteiger partial charge in [0.05, 0.1) is 0 Å². The molecule has 2 rings (SSSR count). The minimum atomic E-state index is -0.110. The monoisotopic (exact) mass is 253 g/mol. The van der Waals surface area contributed by atoms with Crippen LogP contribution in [0.4, 0.5) is 0 Å². The van der Waals surface area contributed by atoms with Crippen LogP contribution >= 0.6 is 0 Å². The summed E-state index contributed by atoms with van der Waals surface area (Å²) in [5.41, 5.74) is 0.224. The summed E-state index contributed by atoms with van der Waals surface area (Å²) in [6, 6.07) is 0. The van der Waals surface area contributed by atoms with Gasteiger partial charge in [-0.25, -0.2) is 0 Å². The molecule has 0 radical (unpaired) electrons. The largest absolute Gasteiger partial charge is 0.462 e. The number of esters is 1. The molecule has 2 atom stereocenters. The average molecular weight is 253 g/mol. The Hall–Kier alpha value is -0.570. The zero-order chi connectivity index (χ0) is 13.3. The molecule has 1 saturated carbocycles. The Bertz CT molecular complexity index is 292. The van der Waals surface area contributed by atoms with Crippen molar-refractivity contribution in [3.05, 3.63) is 0 Å². The predicted octanol–water partition coefficient (Wildman–Crippen LogP) is 2.84. The summed E-state index contributed by atoms with van der Waals surface area (Å²) in [4.78, 5) is 13.9. The summed E-state index contributed by atoms with van der Waals surface area (Å²) in [6.07, 6.45) is 5.17. The van der Waals surface area contributed by atoms with Gasteiger partial charge in [-0.05, 0) is 33.6 Å². The first-order chi connectivity index (χ1) is 8.38. The number of carbonyl (C=O) groups is 1. The minimum Gasteiger partial charge on any atom is -0.462 e. The van der Waals surface area contributed by atoms with Crippen LogP contribution in [0.15, 0.2) is 0 Å². The van der Waals surface area contributed by atoms with E-state index in [1.807, 2.05) is 0 Å². The molecule has 1 aliphatic heterocycles. The van der Waals surface area contributed by atoms with Gasteiger partial charge in [0.15, 0.2) is 0 Å². The number of fused-ring (bicyclic) bond motifs is 2. The third-order valence-corrected chi connectivity index (χ3v) is 4.49. The van der Waals surface area contributed by atoms with E-state index in [1.165, 1.54) is 25.7 Å². The van der Waals surface area contributed by atoms with Crippen molar-refractivity contribution < 1.29 is 9.53 Å². The fourth-order valence-electron chi connectivity index (χ4n) is 3.49. The molecule has 0 aromatic rings. The first-order valence-corrected chi connectivity index (χ1v) is 7.30. The SMILES string of the molecule is CC(=O)OC1C2CCCCC1CN(C(C)(C)C)C2. The van der Waals surface area contributed by atoms with Gasteiger partial charge in [-0.1, -0.05) is 12.8 Å². The van der Waals surface area contributed by atoms with Gasteiger partial charge < -0.3 is 4.74 Å². The summed E-state index contributed by atoms with van der Waals surface area (Å²) in [7, 11) is 0. The smallest absolute Gasteiger partial charge is 0.302 e. The molecule has 0 amide bonds. The molecule has 18 heavy (non-hydrogen) atoms. The number of likely N-dealkylation sites (tertiary alicyclic amines) is 1. The van der Waals surface area contributed by atoms with E-state index >= 15 is 0 Å². The molecule has 1 heterocycles. The lowest BCUT2D eigenvalue weighted by Crippen LogP contribution is -2.55. The van der Waals surface area contributed by atoms with Gasteiger partial charge in [0.25, 0.3) is 0 Å². The zero-order valence-corrected chi connectivity index (χ0v) is 12.2. The third kappa shape index (κ3) is 3.05. The fraction of sp³-hybridized carbons (Fsp3) is 0.933. The number of carbonyl (C=O) groups excluding carboxylic acids is 1. The fourth-order valence-corrected chi connectivity index (χ4v) is 3.49. The molecular weight excluding hydrogens is 226 g/mol. The Balaban J connectivity index is 2.14. The molecule has 2 aliphatic rings. The maximum Gasteiger partial charge on any atom is 0.302 e. The van der Waals surface area contributed by atoms with Crippen LogP contribution in [0, 0.1) is 11.8 Å². The van der Waals surface area contributed by atoms with Crippen LogP contribution in [-0.4, -0.2) is 35.6 Å². The summed E-state index contributed by atoms with van der Waals surface area (Å²) < 4.78 is 5.63. The molecule has 104 valence electrons. The number of hydrogen-bond acceptors (Lipinski definition) is 3. The molecule has 2 unspecified atom stereocenters. The molecule has 1 saturated heterocycles. The normalized spacial score (nSPS) is 33.9. The van der Waals surface area contributed by atoms with Gasteiger partial charge in [0.1, 0.15) is 6.10 Å². The van der Waals surface area contributed by atoms with Gasteiger partial charge in [0.2, 0.25) is 0 Å². The Morgan fingerprint density at radius 2 is 1.61 bits per heavy atom. The lowest BCUT2D eigenvalue weighted by molar-refractivity contribution is -0.158. The van der Waals surface area contributed by atoms with Crippen molar-refractivity contribution >= 4 is 5.97 Å². The van der Waals surface area contributed by atoms with Gasteiger partial charge in [-0.15, -0.1) is 0 Å². The van der Waals surface area contributed by atoms with Crippen LogP contribution < -0.4 is 0 Å². The van der Waals surface area contributed by atoms with Crippen LogP contribution in [0.1, 0.15) is 53.4 Å². The molecule has 3 heteroatoms. The second kappa shape index (κ2) is 5.20. The molecule has 0 aromatic carbocycles. The van der Waals surface area contributed by atoms with E-state index in [-0.39, 0.29) is 17.6 Å². The Labute approximate surface area is 111 Å². The van der Waals surface area contributed by atoms with Crippen LogP contribution in [0.5, 0.6) is 0 Å². The zero-order valence-electron chi connectivity index (χ0n) is 12.2. The molecule has 2 bridgehead atoms. The van der Waals surface area contributed by atoms with Crippen molar-refractivity contribution in [2.45, 2.75) is 65.0 Å². The van der Waals surface area contributed by atoms with E-state index in [9.17, 15) is 4.79 Å². The summed E-state index contributed by atoms with van der Waals surface area (Å²) in [6.45, 7) is 10.6. The molecule has 0 N–H and O–H groups in total. The predicted molar refractivity (Wildman–Crippen MR) is 72.3 cm³/mol. The van der Waals surface area contributed by atoms with E-state index in [1.54, 1.807) is 6.92 Å². The number of rotatable bonds is 1. The Kier molecular flexibility index (Phi) is 4.00. The van der Waals surface area contributed by atoms with E-state index in [0.29, 0.717) is 11.8 Å². The van der Waals surface area contributed by atoms with Crippen molar-refractivity contribution in [1.82, 2.24) is 4.90 Å². The van der Waals surface area contributed by atoms with E-state index < -0.39 is 0 Å². The van der Waals surface area contributed by atoms with Gasteiger partial charge in [0, 0.05) is 37.4 Å². The molecular formula is C15H27NO2. The summed E-state index contributed by atoms with van der Waals surface area (Å²) in [5, 5.41) is 0. The quantitative estimate of drug-likeness (QED) is 0.673. The first-order valence-electron chi connectivity index (χ1n) is 7.30. The molecule has 0 spiro atoms. The van der Waals surface area contributed by atoms with Crippen molar-refractivity contribution in [3.8, 4) is 0 Å². The first kappa shape index (κ1) is 13.9. The summed E-state index contributed by atoms with van der Waals surface area (Å²) in [5.74, 6) is 0.963. The van der Waals surface area contributed by atoms with Crippen molar-refractivity contribution in [3.63, 3.8) is 0 Å². The van der Waals surface area contributed by atoms with Gasteiger partial charge >= 0.3 is 5.97 Å². The third-order valence-electron chi connectivity index (χ3n) is 4.49. The highest BCUT2D eigenvalue weighted by molar-refractivity contribution is 5.66. The number of hydrogen-bond donors (Lipinski definition) is 0. The standard InChI is InChI=1S/C15H27NO2/c1-11(17)18-14-12-7-5-6-8-13(14)10-16(9-12)15(2,3)4/h12-14H,5-10H2,1-4H3. The van der Waals surface area contributed by atoms with Crippen molar-refractivity contribution in [2.24, 2.45) is 11.8 Å².